The lowest BCUT2D eigenvalue weighted by Gasteiger charge is -2.08. The molecule has 2 amide bonds. The molecular weight excluding hydrogens is 260 g/mol. The molecule has 0 unspecified atom stereocenters. The summed E-state index contributed by atoms with van der Waals surface area (Å²) in [5.41, 5.74) is 18.1. The molecule has 2 aromatic heterocycles. The second-order valence-electron chi connectivity index (χ2n) is 4.29. The molecule has 0 atom stereocenters. The van der Waals surface area contributed by atoms with Gasteiger partial charge in [-0.3, -0.25) is 9.59 Å². The van der Waals surface area contributed by atoms with Gasteiger partial charge in [-0.2, -0.15) is 5.10 Å². The molecule has 104 valence electrons. The Morgan fingerprint density at radius 3 is 2.20 bits per heavy atom. The molecule has 0 aliphatic carbocycles. The van der Waals surface area contributed by atoms with Crippen LogP contribution in [0.1, 0.15) is 32.2 Å². The number of pyridine rings is 1. The van der Waals surface area contributed by atoms with Crippen LogP contribution in [0.25, 0.3) is 5.69 Å². The number of nitrogens with two attached hydrogens (primary N) is 3. The van der Waals surface area contributed by atoms with E-state index in [1.54, 1.807) is 19.9 Å². The third-order valence-corrected chi connectivity index (χ3v) is 2.88. The maximum atomic E-state index is 11.3. The van der Waals surface area contributed by atoms with Gasteiger partial charge in [-0.05, 0) is 26.0 Å². The number of carbonyl (C=O) groups excluding carboxylic acids is 2. The van der Waals surface area contributed by atoms with E-state index in [9.17, 15) is 9.59 Å². The number of primary amides is 2. The van der Waals surface area contributed by atoms with Crippen LogP contribution >= 0.6 is 0 Å². The Balaban J connectivity index is 2.61. The van der Waals surface area contributed by atoms with Crippen LogP contribution in [0.5, 0.6) is 0 Å². The van der Waals surface area contributed by atoms with E-state index in [2.05, 4.69) is 10.1 Å². The van der Waals surface area contributed by atoms with E-state index in [1.165, 1.54) is 10.7 Å². The molecule has 0 aliphatic rings. The van der Waals surface area contributed by atoms with Crippen LogP contribution in [-0.4, -0.2) is 26.6 Å². The smallest absolute Gasteiger partial charge is 0.267 e. The van der Waals surface area contributed by atoms with E-state index in [-0.39, 0.29) is 17.1 Å². The van der Waals surface area contributed by atoms with Crippen LogP contribution < -0.4 is 17.2 Å². The Morgan fingerprint density at radius 2 is 1.75 bits per heavy atom. The SMILES string of the molecule is Cc1nc(C(N)=O)ccc1-n1nc(C)c(C(N)=O)c1N. The average Bonchev–Trinajstić information content (AvgIpc) is 2.64. The minimum absolute atomic E-state index is 0.131. The first-order valence-electron chi connectivity index (χ1n) is 5.75. The summed E-state index contributed by atoms with van der Waals surface area (Å²) >= 11 is 0. The van der Waals surface area contributed by atoms with Crippen LogP contribution in [0, 0.1) is 13.8 Å². The second kappa shape index (κ2) is 4.65. The van der Waals surface area contributed by atoms with Crippen molar-refractivity contribution >= 4 is 17.6 Å². The van der Waals surface area contributed by atoms with Crippen molar-refractivity contribution < 1.29 is 9.59 Å². The zero-order valence-electron chi connectivity index (χ0n) is 11.0. The highest BCUT2D eigenvalue weighted by molar-refractivity contribution is 5.98. The molecule has 2 rings (SSSR count). The maximum Gasteiger partial charge on any atom is 0.267 e. The Labute approximate surface area is 114 Å². The number of hydrogen-bond acceptors (Lipinski definition) is 5. The third-order valence-electron chi connectivity index (χ3n) is 2.88. The first kappa shape index (κ1) is 13.5. The summed E-state index contributed by atoms with van der Waals surface area (Å²) in [6.07, 6.45) is 0. The Bertz CT molecular complexity index is 719. The number of aryl methyl sites for hydroxylation is 2. The molecule has 20 heavy (non-hydrogen) atoms. The highest BCUT2D eigenvalue weighted by atomic mass is 16.1. The molecule has 0 aromatic carbocycles. The van der Waals surface area contributed by atoms with E-state index < -0.39 is 11.8 Å². The molecule has 0 fully saturated rings. The summed E-state index contributed by atoms with van der Waals surface area (Å²) in [7, 11) is 0. The van der Waals surface area contributed by atoms with Crippen molar-refractivity contribution in [3.05, 3.63) is 34.8 Å². The minimum atomic E-state index is -0.648. The number of aromatic nitrogens is 3. The van der Waals surface area contributed by atoms with Crippen molar-refractivity contribution in [1.82, 2.24) is 14.8 Å². The van der Waals surface area contributed by atoms with Crippen molar-refractivity contribution in [2.24, 2.45) is 11.5 Å². The summed E-state index contributed by atoms with van der Waals surface area (Å²) in [6.45, 7) is 3.32. The van der Waals surface area contributed by atoms with Gasteiger partial charge in [0.05, 0.1) is 17.1 Å². The number of anilines is 1. The molecule has 0 saturated heterocycles. The number of carbonyl (C=O) groups is 2. The van der Waals surface area contributed by atoms with Crippen LogP contribution in [0.3, 0.4) is 0 Å². The summed E-state index contributed by atoms with van der Waals surface area (Å²) < 4.78 is 1.36. The summed E-state index contributed by atoms with van der Waals surface area (Å²) in [5, 5.41) is 4.17. The van der Waals surface area contributed by atoms with Gasteiger partial charge in [0.1, 0.15) is 17.1 Å². The molecule has 0 aliphatic heterocycles. The lowest BCUT2D eigenvalue weighted by molar-refractivity contribution is 0.0989. The van der Waals surface area contributed by atoms with Crippen molar-refractivity contribution in [3.63, 3.8) is 0 Å². The number of hydrogen-bond donors (Lipinski definition) is 3. The predicted octanol–water partition coefficient (Wildman–Crippen LogP) is -0.336. The van der Waals surface area contributed by atoms with Crippen LogP contribution in [0.4, 0.5) is 5.82 Å². The zero-order chi connectivity index (χ0) is 15.0. The van der Waals surface area contributed by atoms with Crippen molar-refractivity contribution in [1.29, 1.82) is 0 Å². The molecule has 0 saturated carbocycles. The minimum Gasteiger partial charge on any atom is -0.383 e. The fourth-order valence-electron chi connectivity index (χ4n) is 1.95. The van der Waals surface area contributed by atoms with Crippen molar-refractivity contribution in [2.45, 2.75) is 13.8 Å². The lowest BCUT2D eigenvalue weighted by Crippen LogP contribution is -2.16. The molecular formula is C12H14N6O2. The highest BCUT2D eigenvalue weighted by Crippen LogP contribution is 2.22. The Morgan fingerprint density at radius 1 is 1.10 bits per heavy atom. The first-order chi connectivity index (χ1) is 9.32. The van der Waals surface area contributed by atoms with E-state index in [0.29, 0.717) is 17.1 Å². The lowest BCUT2D eigenvalue weighted by atomic mass is 10.2. The van der Waals surface area contributed by atoms with Gasteiger partial charge in [0.25, 0.3) is 11.8 Å². The average molecular weight is 274 g/mol. The number of nitrogen functional groups attached to an aromatic ring is 1. The quantitative estimate of drug-likeness (QED) is 0.701. The second-order valence-corrected chi connectivity index (χ2v) is 4.29. The van der Waals surface area contributed by atoms with Gasteiger partial charge in [0, 0.05) is 0 Å². The molecule has 0 spiro atoms. The topological polar surface area (TPSA) is 143 Å². The fraction of sp³-hybridized carbons (Fsp3) is 0.167. The molecule has 8 nitrogen and oxygen atoms in total. The van der Waals surface area contributed by atoms with Crippen LogP contribution in [-0.2, 0) is 0 Å². The van der Waals surface area contributed by atoms with E-state index >= 15 is 0 Å². The normalized spacial score (nSPS) is 10.5. The Hall–Kier alpha value is -2.90. The molecule has 2 heterocycles. The standard InChI is InChI=1S/C12H14N6O2/c1-5-8(4-3-7(16-5)11(14)19)18-10(13)9(12(15)20)6(2)17-18/h3-4H,13H2,1-2H3,(H2,14,19)(H2,15,20). The first-order valence-corrected chi connectivity index (χ1v) is 5.75. The monoisotopic (exact) mass is 274 g/mol. The van der Waals surface area contributed by atoms with Crippen LogP contribution in [0.2, 0.25) is 0 Å². The van der Waals surface area contributed by atoms with Gasteiger partial charge in [0.2, 0.25) is 0 Å². The molecule has 0 radical (unpaired) electrons. The molecule has 6 N–H and O–H groups in total. The van der Waals surface area contributed by atoms with E-state index in [4.69, 9.17) is 17.2 Å². The van der Waals surface area contributed by atoms with Gasteiger partial charge < -0.3 is 17.2 Å². The van der Waals surface area contributed by atoms with Gasteiger partial charge in [-0.1, -0.05) is 0 Å². The van der Waals surface area contributed by atoms with E-state index in [1.807, 2.05) is 0 Å². The predicted molar refractivity (Wildman–Crippen MR) is 72.3 cm³/mol. The fourth-order valence-corrected chi connectivity index (χ4v) is 1.95. The van der Waals surface area contributed by atoms with E-state index in [0.717, 1.165) is 0 Å². The number of nitrogens with zero attached hydrogens (tertiary/aromatic N) is 3. The Kier molecular flexibility index (Phi) is 3.15. The number of amides is 2. The summed E-state index contributed by atoms with van der Waals surface area (Å²) in [5.74, 6) is -1.14. The van der Waals surface area contributed by atoms with Gasteiger partial charge in [-0.25, -0.2) is 9.67 Å². The largest absolute Gasteiger partial charge is 0.383 e. The van der Waals surface area contributed by atoms with Crippen molar-refractivity contribution in [3.8, 4) is 5.69 Å². The maximum absolute atomic E-state index is 11.3. The van der Waals surface area contributed by atoms with Crippen molar-refractivity contribution in [2.75, 3.05) is 5.73 Å². The zero-order valence-corrected chi connectivity index (χ0v) is 11.0. The molecule has 2 aromatic rings. The summed E-state index contributed by atoms with van der Waals surface area (Å²) in [6, 6.07) is 3.07. The highest BCUT2D eigenvalue weighted by Gasteiger charge is 2.19. The van der Waals surface area contributed by atoms with Gasteiger partial charge in [-0.15, -0.1) is 0 Å². The van der Waals surface area contributed by atoms with Crippen LogP contribution in [0.15, 0.2) is 12.1 Å². The summed E-state index contributed by atoms with van der Waals surface area (Å²) in [4.78, 5) is 26.5. The number of rotatable bonds is 3. The third kappa shape index (κ3) is 2.07. The molecule has 8 heteroatoms. The molecule has 0 bridgehead atoms. The van der Waals surface area contributed by atoms with Gasteiger partial charge >= 0.3 is 0 Å². The van der Waals surface area contributed by atoms with Gasteiger partial charge in [0.15, 0.2) is 0 Å².